The van der Waals surface area contributed by atoms with Crippen LogP contribution in [0.1, 0.15) is 55.6 Å². The molecular weight excluding hydrogens is 369 g/mol. The van der Waals surface area contributed by atoms with E-state index >= 15 is 0 Å². The summed E-state index contributed by atoms with van der Waals surface area (Å²) >= 11 is 0. The molecule has 0 aromatic heterocycles. The van der Waals surface area contributed by atoms with Crippen LogP contribution in [0.3, 0.4) is 0 Å². The fraction of sp³-hybridized carbons (Fsp3) is 0.333. The Hall–Kier alpha value is -2.95. The van der Waals surface area contributed by atoms with Crippen molar-refractivity contribution >= 4 is 11.7 Å². The third kappa shape index (κ3) is 4.09. The number of rotatable bonds is 5. The Kier molecular flexibility index (Phi) is 5.47. The highest BCUT2D eigenvalue weighted by atomic mass is 19.1. The average molecular weight is 393 g/mol. The summed E-state index contributed by atoms with van der Waals surface area (Å²) in [6.07, 6.45) is 2.15. The number of amides is 1. The smallest absolute Gasteiger partial charge is 0.225 e. The predicted octanol–water partition coefficient (Wildman–Crippen LogP) is 4.62. The van der Waals surface area contributed by atoms with Crippen molar-refractivity contribution in [2.75, 3.05) is 6.61 Å². The van der Waals surface area contributed by atoms with Crippen LogP contribution >= 0.6 is 0 Å². The van der Waals surface area contributed by atoms with E-state index in [1.54, 1.807) is 12.1 Å². The van der Waals surface area contributed by atoms with Crippen molar-refractivity contribution in [3.05, 3.63) is 76.7 Å². The van der Waals surface area contributed by atoms with Gasteiger partial charge in [0, 0.05) is 30.0 Å². The van der Waals surface area contributed by atoms with Gasteiger partial charge >= 0.3 is 0 Å². The van der Waals surface area contributed by atoms with E-state index in [0.29, 0.717) is 30.7 Å². The van der Waals surface area contributed by atoms with Crippen LogP contribution in [-0.4, -0.2) is 18.3 Å². The predicted molar refractivity (Wildman–Crippen MR) is 108 cm³/mol. The number of hydrogen-bond donors (Lipinski definition) is 1. The number of benzene rings is 2. The topological polar surface area (TPSA) is 55.4 Å². The van der Waals surface area contributed by atoms with Crippen molar-refractivity contribution in [3.63, 3.8) is 0 Å². The molecule has 1 aliphatic carbocycles. The molecule has 0 unspecified atom stereocenters. The number of carbonyl (C=O) groups excluding carboxylic acids is 2. The molecule has 0 saturated heterocycles. The van der Waals surface area contributed by atoms with E-state index in [0.717, 1.165) is 23.3 Å². The van der Waals surface area contributed by atoms with E-state index in [2.05, 4.69) is 12.2 Å². The quantitative estimate of drug-likeness (QED) is 0.807. The van der Waals surface area contributed by atoms with Gasteiger partial charge in [-0.05, 0) is 54.2 Å². The first-order chi connectivity index (χ1) is 14.0. The standard InChI is InChI=1S/C24H24FNO3/c1-2-11-29-19-9-5-16(6-10-19)20-14-23(28)26-21-12-17(13-22(27)24(20)21)15-3-7-18(25)8-4-15/h3-10,17,20H,2,11-14H2,1H3,(H,26,28)/t17-,20+/m1/s1. The highest BCUT2D eigenvalue weighted by Gasteiger charge is 2.38. The molecular formula is C24H24FNO3. The number of ketones is 1. The zero-order valence-corrected chi connectivity index (χ0v) is 16.4. The van der Waals surface area contributed by atoms with Gasteiger partial charge in [-0.1, -0.05) is 31.2 Å². The second-order valence-electron chi connectivity index (χ2n) is 7.69. The molecule has 1 aliphatic heterocycles. The van der Waals surface area contributed by atoms with Gasteiger partial charge in [0.25, 0.3) is 0 Å². The minimum absolute atomic E-state index is 0.0503. The Labute approximate surface area is 169 Å². The summed E-state index contributed by atoms with van der Waals surface area (Å²) in [6, 6.07) is 13.9. The van der Waals surface area contributed by atoms with E-state index in [9.17, 15) is 14.0 Å². The Bertz CT molecular complexity index is 947. The summed E-state index contributed by atoms with van der Waals surface area (Å²) in [5.74, 6) is 0.181. The first-order valence-corrected chi connectivity index (χ1v) is 10.1. The van der Waals surface area contributed by atoms with Gasteiger partial charge in [0.15, 0.2) is 5.78 Å². The van der Waals surface area contributed by atoms with Gasteiger partial charge in [0.2, 0.25) is 5.91 Å². The molecule has 0 spiro atoms. The van der Waals surface area contributed by atoms with Gasteiger partial charge < -0.3 is 10.1 Å². The maximum atomic E-state index is 13.2. The molecule has 0 bridgehead atoms. The highest BCUT2D eigenvalue weighted by molar-refractivity contribution is 6.02. The summed E-state index contributed by atoms with van der Waals surface area (Å²) in [5.41, 5.74) is 3.29. The van der Waals surface area contributed by atoms with Crippen molar-refractivity contribution < 1.29 is 18.7 Å². The summed E-state index contributed by atoms with van der Waals surface area (Å²) in [7, 11) is 0. The van der Waals surface area contributed by atoms with Crippen molar-refractivity contribution in [2.45, 2.75) is 44.4 Å². The van der Waals surface area contributed by atoms with Gasteiger partial charge in [0.1, 0.15) is 11.6 Å². The zero-order valence-electron chi connectivity index (χ0n) is 16.4. The Morgan fingerprint density at radius 1 is 0.966 bits per heavy atom. The summed E-state index contributed by atoms with van der Waals surface area (Å²) in [4.78, 5) is 25.4. The molecule has 0 saturated carbocycles. The minimum Gasteiger partial charge on any atom is -0.494 e. The molecule has 0 fully saturated rings. The van der Waals surface area contributed by atoms with Crippen LogP contribution in [0, 0.1) is 5.82 Å². The molecule has 2 aromatic carbocycles. The van der Waals surface area contributed by atoms with E-state index < -0.39 is 0 Å². The lowest BCUT2D eigenvalue weighted by Crippen LogP contribution is -2.38. The van der Waals surface area contributed by atoms with Crippen LogP contribution in [0.4, 0.5) is 4.39 Å². The number of nitrogens with one attached hydrogen (secondary N) is 1. The van der Waals surface area contributed by atoms with E-state index in [4.69, 9.17) is 4.74 Å². The monoisotopic (exact) mass is 393 g/mol. The van der Waals surface area contributed by atoms with E-state index in [1.165, 1.54) is 12.1 Å². The third-order valence-corrected chi connectivity index (χ3v) is 5.63. The van der Waals surface area contributed by atoms with Gasteiger partial charge in [-0.25, -0.2) is 4.39 Å². The van der Waals surface area contributed by atoms with Gasteiger partial charge in [0.05, 0.1) is 6.61 Å². The maximum Gasteiger partial charge on any atom is 0.225 e. The molecule has 2 aromatic rings. The van der Waals surface area contributed by atoms with Gasteiger partial charge in [-0.3, -0.25) is 9.59 Å². The fourth-order valence-electron chi connectivity index (χ4n) is 4.23. The summed E-state index contributed by atoms with van der Waals surface area (Å²) in [5, 5.41) is 2.92. The summed E-state index contributed by atoms with van der Waals surface area (Å²) < 4.78 is 18.9. The molecule has 29 heavy (non-hydrogen) atoms. The van der Waals surface area contributed by atoms with Crippen molar-refractivity contribution in [1.29, 1.82) is 0 Å². The average Bonchev–Trinajstić information content (AvgIpc) is 2.72. The molecule has 1 heterocycles. The number of hydrogen-bond acceptors (Lipinski definition) is 3. The first kappa shape index (κ1) is 19.4. The number of Topliss-reactive ketones (excluding diaryl/α,β-unsaturated/α-hetero) is 1. The second-order valence-corrected chi connectivity index (χ2v) is 7.69. The molecule has 1 N–H and O–H groups in total. The number of halogens is 1. The van der Waals surface area contributed by atoms with E-state index in [-0.39, 0.29) is 35.8 Å². The normalized spacial score (nSPS) is 21.6. The number of carbonyl (C=O) groups is 2. The molecule has 1 amide bonds. The Morgan fingerprint density at radius 2 is 1.66 bits per heavy atom. The van der Waals surface area contributed by atoms with Crippen molar-refractivity contribution in [1.82, 2.24) is 5.32 Å². The summed E-state index contributed by atoms with van der Waals surface area (Å²) in [6.45, 7) is 2.71. The van der Waals surface area contributed by atoms with Crippen molar-refractivity contribution in [3.8, 4) is 5.75 Å². The number of allylic oxidation sites excluding steroid dienone is 2. The van der Waals surface area contributed by atoms with Gasteiger partial charge in [-0.15, -0.1) is 0 Å². The van der Waals surface area contributed by atoms with Crippen LogP contribution in [0.15, 0.2) is 59.8 Å². The molecule has 150 valence electrons. The Balaban J connectivity index is 1.62. The molecule has 5 heteroatoms. The number of ether oxygens (including phenoxy) is 1. The van der Waals surface area contributed by atoms with Crippen LogP contribution in [0.2, 0.25) is 0 Å². The highest BCUT2D eigenvalue weighted by Crippen LogP contribution is 2.42. The molecule has 4 rings (SSSR count). The van der Waals surface area contributed by atoms with E-state index in [1.807, 2.05) is 24.3 Å². The van der Waals surface area contributed by atoms with Crippen LogP contribution in [0.25, 0.3) is 0 Å². The maximum absolute atomic E-state index is 13.2. The van der Waals surface area contributed by atoms with Gasteiger partial charge in [-0.2, -0.15) is 0 Å². The van der Waals surface area contributed by atoms with Crippen molar-refractivity contribution in [2.24, 2.45) is 0 Å². The minimum atomic E-state index is -0.298. The lowest BCUT2D eigenvalue weighted by molar-refractivity contribution is -0.122. The second kappa shape index (κ2) is 8.19. The molecule has 0 radical (unpaired) electrons. The lowest BCUT2D eigenvalue weighted by atomic mass is 9.73. The molecule has 2 atom stereocenters. The first-order valence-electron chi connectivity index (χ1n) is 10.1. The fourth-order valence-corrected chi connectivity index (χ4v) is 4.23. The zero-order chi connectivity index (χ0) is 20.4. The molecule has 2 aliphatic rings. The van der Waals surface area contributed by atoms with Crippen LogP contribution < -0.4 is 10.1 Å². The molecule has 4 nitrogen and oxygen atoms in total. The SMILES string of the molecule is CCCOc1ccc([C@@H]2CC(=O)NC3=C2C(=O)C[C@H](c2ccc(F)cc2)C3)cc1. The lowest BCUT2D eigenvalue weighted by Gasteiger charge is -2.34. The van der Waals surface area contributed by atoms with Crippen LogP contribution in [0.5, 0.6) is 5.75 Å². The van der Waals surface area contributed by atoms with Crippen LogP contribution in [-0.2, 0) is 9.59 Å². The largest absolute Gasteiger partial charge is 0.494 e. The Morgan fingerprint density at radius 3 is 2.34 bits per heavy atom. The third-order valence-electron chi connectivity index (χ3n) is 5.63.